The van der Waals surface area contributed by atoms with Crippen molar-refractivity contribution in [1.82, 2.24) is 35.0 Å². The van der Waals surface area contributed by atoms with Gasteiger partial charge in [0.25, 0.3) is 11.5 Å². The highest BCUT2D eigenvalue weighted by Gasteiger charge is 2.34. The zero-order valence-corrected chi connectivity index (χ0v) is 22.6. The number of amides is 1. The van der Waals surface area contributed by atoms with Crippen LogP contribution in [0.5, 0.6) is 0 Å². The second kappa shape index (κ2) is 10.9. The van der Waals surface area contributed by atoms with Gasteiger partial charge in [-0.25, -0.2) is 4.68 Å². The Kier molecular flexibility index (Phi) is 7.00. The number of rotatable bonds is 7. The van der Waals surface area contributed by atoms with Crippen molar-refractivity contribution >= 4 is 16.8 Å². The van der Waals surface area contributed by atoms with Crippen LogP contribution in [-0.2, 0) is 13.0 Å². The summed E-state index contributed by atoms with van der Waals surface area (Å²) in [6.07, 6.45) is 2.26. The molecular formula is C30H31N7O3. The quantitative estimate of drug-likeness (QED) is 0.338. The summed E-state index contributed by atoms with van der Waals surface area (Å²) < 4.78 is 7.12. The van der Waals surface area contributed by atoms with Gasteiger partial charge in [0.15, 0.2) is 11.6 Å². The highest BCUT2D eigenvalue weighted by atomic mass is 16.3. The van der Waals surface area contributed by atoms with Gasteiger partial charge in [-0.3, -0.25) is 14.5 Å². The van der Waals surface area contributed by atoms with Gasteiger partial charge in [0.05, 0.1) is 6.26 Å². The van der Waals surface area contributed by atoms with Gasteiger partial charge in [0.2, 0.25) is 0 Å². The minimum Gasteiger partial charge on any atom is -0.459 e. The minimum absolute atomic E-state index is 0.136. The smallest absolute Gasteiger partial charge is 0.289 e. The number of nitrogens with one attached hydrogen (secondary N) is 1. The fourth-order valence-electron chi connectivity index (χ4n) is 5.38. The number of tetrazole rings is 1. The number of carbonyl (C=O) groups is 1. The number of nitrogens with zero attached hydrogens (tertiary/aromatic N) is 6. The van der Waals surface area contributed by atoms with Crippen molar-refractivity contribution in [1.29, 1.82) is 0 Å². The first kappa shape index (κ1) is 25.7. The number of aromatic nitrogens is 5. The Balaban J connectivity index is 1.35. The molecule has 204 valence electrons. The van der Waals surface area contributed by atoms with E-state index in [0.717, 1.165) is 28.5 Å². The summed E-state index contributed by atoms with van der Waals surface area (Å²) in [6.45, 7) is 6.76. The van der Waals surface area contributed by atoms with Crippen molar-refractivity contribution < 1.29 is 9.21 Å². The molecule has 0 bridgehead atoms. The number of carbonyl (C=O) groups excluding carboxylic acids is 1. The molecule has 10 heteroatoms. The van der Waals surface area contributed by atoms with E-state index >= 15 is 0 Å². The van der Waals surface area contributed by atoms with Crippen LogP contribution < -0.4 is 5.56 Å². The Bertz CT molecular complexity index is 1680. The van der Waals surface area contributed by atoms with E-state index in [0.29, 0.717) is 49.9 Å². The zero-order valence-electron chi connectivity index (χ0n) is 22.6. The van der Waals surface area contributed by atoms with Gasteiger partial charge in [-0.15, -0.1) is 5.10 Å². The van der Waals surface area contributed by atoms with Gasteiger partial charge in [-0.2, -0.15) is 0 Å². The SMILES string of the molecule is Cc1cc2cc(C(c3nnnn3CCc3ccccc3)N3CCN(C(=O)c4ccco4)CC3)c(=O)[nH]c2cc1C. The molecule has 6 rings (SSSR count). The molecule has 10 nitrogen and oxygen atoms in total. The maximum atomic E-state index is 13.6. The molecule has 1 unspecified atom stereocenters. The van der Waals surface area contributed by atoms with E-state index in [-0.39, 0.29) is 11.5 Å². The highest BCUT2D eigenvalue weighted by Crippen LogP contribution is 2.29. The van der Waals surface area contributed by atoms with Crippen molar-refractivity contribution in [3.05, 3.63) is 111 Å². The number of aryl methyl sites for hydroxylation is 4. The van der Waals surface area contributed by atoms with Gasteiger partial charge >= 0.3 is 0 Å². The number of pyridine rings is 1. The number of furan rings is 1. The summed E-state index contributed by atoms with van der Waals surface area (Å²) in [6, 6.07) is 19.1. The minimum atomic E-state index is -0.485. The Hall–Kier alpha value is -4.57. The average Bonchev–Trinajstić information content (AvgIpc) is 3.67. The van der Waals surface area contributed by atoms with Gasteiger partial charge in [-0.05, 0) is 83.1 Å². The fraction of sp³-hybridized carbons (Fsp3) is 0.300. The first-order valence-corrected chi connectivity index (χ1v) is 13.5. The van der Waals surface area contributed by atoms with Crippen LogP contribution in [0.25, 0.3) is 10.9 Å². The number of hydrogen-bond donors (Lipinski definition) is 1. The summed E-state index contributed by atoms with van der Waals surface area (Å²) in [5.74, 6) is 0.796. The van der Waals surface area contributed by atoms with Gasteiger partial charge in [-0.1, -0.05) is 30.3 Å². The molecule has 1 N–H and O–H groups in total. The van der Waals surface area contributed by atoms with Crippen LogP contribution in [0.3, 0.4) is 0 Å². The molecule has 0 radical (unpaired) electrons. The molecule has 1 saturated heterocycles. The van der Waals surface area contributed by atoms with Gasteiger partial charge < -0.3 is 14.3 Å². The lowest BCUT2D eigenvalue weighted by molar-refractivity contribution is 0.0558. The van der Waals surface area contributed by atoms with Gasteiger partial charge in [0, 0.05) is 43.8 Å². The monoisotopic (exact) mass is 537 g/mol. The Labute approximate surface area is 231 Å². The molecule has 1 aliphatic heterocycles. The lowest BCUT2D eigenvalue weighted by atomic mass is 10.00. The standard InChI is InChI=1S/C30H31N7O3/c1-20-17-23-19-24(29(38)31-25(23)18-21(20)2)27(28-32-33-34-37(28)11-10-22-7-4-3-5-8-22)35-12-14-36(15-13-35)30(39)26-9-6-16-40-26/h3-9,16-19,27H,10-15H2,1-2H3,(H,31,38). The molecule has 1 aliphatic rings. The van der Waals surface area contributed by atoms with Crippen molar-refractivity contribution in [2.75, 3.05) is 26.2 Å². The zero-order chi connectivity index (χ0) is 27.6. The number of benzene rings is 2. The first-order valence-electron chi connectivity index (χ1n) is 13.5. The molecule has 4 heterocycles. The third-order valence-corrected chi connectivity index (χ3v) is 7.74. The van der Waals surface area contributed by atoms with E-state index in [9.17, 15) is 9.59 Å². The summed E-state index contributed by atoms with van der Waals surface area (Å²) in [5.41, 5.74) is 4.66. The average molecular weight is 538 g/mol. The first-order chi connectivity index (χ1) is 19.5. The molecule has 3 aromatic heterocycles. The third kappa shape index (κ3) is 5.05. The van der Waals surface area contributed by atoms with Crippen LogP contribution in [0.15, 0.2) is 76.1 Å². The molecule has 1 amide bonds. The summed E-state index contributed by atoms with van der Waals surface area (Å²) >= 11 is 0. The summed E-state index contributed by atoms with van der Waals surface area (Å²) in [4.78, 5) is 33.5. The van der Waals surface area contributed by atoms with E-state index in [1.165, 1.54) is 11.8 Å². The molecule has 2 aromatic carbocycles. The van der Waals surface area contributed by atoms with Gasteiger partial charge in [0.1, 0.15) is 6.04 Å². The molecule has 1 atom stereocenters. The third-order valence-electron chi connectivity index (χ3n) is 7.74. The van der Waals surface area contributed by atoms with E-state index in [2.05, 4.69) is 50.5 Å². The molecule has 0 aliphatic carbocycles. The van der Waals surface area contributed by atoms with Crippen molar-refractivity contribution in [2.24, 2.45) is 0 Å². The molecule has 5 aromatic rings. The van der Waals surface area contributed by atoms with E-state index in [1.807, 2.05) is 37.3 Å². The van der Waals surface area contributed by atoms with Crippen LogP contribution in [0, 0.1) is 13.8 Å². The van der Waals surface area contributed by atoms with E-state index in [1.54, 1.807) is 21.7 Å². The Morgan fingerprint density at radius 2 is 1.77 bits per heavy atom. The summed E-state index contributed by atoms with van der Waals surface area (Å²) in [7, 11) is 0. The fourth-order valence-corrected chi connectivity index (χ4v) is 5.38. The van der Waals surface area contributed by atoms with Crippen LogP contribution in [0.4, 0.5) is 0 Å². The molecule has 0 spiro atoms. The molecule has 40 heavy (non-hydrogen) atoms. The van der Waals surface area contributed by atoms with Crippen LogP contribution >= 0.6 is 0 Å². The topological polar surface area (TPSA) is 113 Å². The number of hydrogen-bond acceptors (Lipinski definition) is 7. The number of aromatic amines is 1. The second-order valence-corrected chi connectivity index (χ2v) is 10.3. The number of fused-ring (bicyclic) bond motifs is 1. The largest absolute Gasteiger partial charge is 0.459 e. The molecule has 1 fully saturated rings. The van der Waals surface area contributed by atoms with Crippen molar-refractivity contribution in [3.63, 3.8) is 0 Å². The van der Waals surface area contributed by atoms with Crippen LogP contribution in [0.1, 0.15) is 44.7 Å². The van der Waals surface area contributed by atoms with E-state index in [4.69, 9.17) is 4.42 Å². The number of H-pyrrole nitrogens is 1. The number of piperazine rings is 1. The lowest BCUT2D eigenvalue weighted by Gasteiger charge is -2.38. The normalized spacial score (nSPS) is 15.0. The van der Waals surface area contributed by atoms with E-state index < -0.39 is 6.04 Å². The Morgan fingerprint density at radius 3 is 2.52 bits per heavy atom. The van der Waals surface area contributed by atoms with Crippen molar-refractivity contribution in [3.8, 4) is 0 Å². The second-order valence-electron chi connectivity index (χ2n) is 10.3. The lowest BCUT2D eigenvalue weighted by Crippen LogP contribution is -2.50. The highest BCUT2D eigenvalue weighted by molar-refractivity contribution is 5.91. The molecular weight excluding hydrogens is 506 g/mol. The predicted octanol–water partition coefficient (Wildman–Crippen LogP) is 3.51. The van der Waals surface area contributed by atoms with Crippen LogP contribution in [0.2, 0.25) is 0 Å². The molecule has 0 saturated carbocycles. The summed E-state index contributed by atoms with van der Waals surface area (Å²) in [5, 5.41) is 13.7. The maximum Gasteiger partial charge on any atom is 0.289 e. The van der Waals surface area contributed by atoms with Crippen LogP contribution in [-0.4, -0.2) is 67.1 Å². The Morgan fingerprint density at radius 1 is 1.00 bits per heavy atom. The maximum absolute atomic E-state index is 13.6. The predicted molar refractivity (Wildman–Crippen MR) is 150 cm³/mol. The van der Waals surface area contributed by atoms with Crippen molar-refractivity contribution in [2.45, 2.75) is 32.9 Å².